The number of hydrogen-bond donors (Lipinski definition) is 0. The predicted molar refractivity (Wildman–Crippen MR) is 50.2 cm³/mol. The molecule has 0 saturated heterocycles. The maximum absolute atomic E-state index is 12.9. The highest BCUT2D eigenvalue weighted by atomic mass is 35.7. The van der Waals surface area contributed by atoms with Crippen molar-refractivity contribution in [2.45, 2.75) is 11.5 Å². The third-order valence-corrected chi connectivity index (χ3v) is 2.86. The normalized spacial score (nSPS) is 11.6. The van der Waals surface area contributed by atoms with E-state index in [0.29, 0.717) is 5.56 Å². The van der Waals surface area contributed by atoms with E-state index in [-0.39, 0.29) is 11.5 Å². The first-order chi connectivity index (χ1) is 6.43. The molecule has 14 heavy (non-hydrogen) atoms. The molecule has 0 amide bonds. The van der Waals surface area contributed by atoms with E-state index in [1.807, 2.05) is 0 Å². The van der Waals surface area contributed by atoms with Gasteiger partial charge in [0.05, 0.1) is 11.5 Å². The first-order valence-corrected chi connectivity index (χ1v) is 5.97. The van der Waals surface area contributed by atoms with Crippen LogP contribution in [0.5, 0.6) is 0 Å². The number of hydrogen-bond acceptors (Lipinski definition) is 3. The molecule has 0 fully saturated rings. The molecule has 6 heteroatoms. The number of methoxy groups -OCH3 is 1. The van der Waals surface area contributed by atoms with Gasteiger partial charge >= 0.3 is 0 Å². The molecule has 0 heterocycles. The van der Waals surface area contributed by atoms with E-state index in [4.69, 9.17) is 15.4 Å². The van der Waals surface area contributed by atoms with Gasteiger partial charge in [-0.2, -0.15) is 0 Å². The van der Waals surface area contributed by atoms with Crippen molar-refractivity contribution in [1.29, 1.82) is 0 Å². The molecule has 3 nitrogen and oxygen atoms in total. The molecule has 1 rings (SSSR count). The fourth-order valence-corrected chi connectivity index (χ4v) is 1.82. The summed E-state index contributed by atoms with van der Waals surface area (Å²) in [5.41, 5.74) is 0.423. The van der Waals surface area contributed by atoms with Crippen LogP contribution in [-0.4, -0.2) is 15.5 Å². The highest BCUT2D eigenvalue weighted by Crippen LogP contribution is 2.18. The van der Waals surface area contributed by atoms with Crippen LogP contribution in [0.15, 0.2) is 23.1 Å². The van der Waals surface area contributed by atoms with Crippen molar-refractivity contribution in [3.63, 3.8) is 0 Å². The monoisotopic (exact) mass is 238 g/mol. The van der Waals surface area contributed by atoms with Crippen LogP contribution in [0, 0.1) is 5.82 Å². The number of benzene rings is 1. The van der Waals surface area contributed by atoms with Gasteiger partial charge in [-0.1, -0.05) is 0 Å². The van der Waals surface area contributed by atoms with Crippen LogP contribution < -0.4 is 0 Å². The van der Waals surface area contributed by atoms with Crippen LogP contribution in [0.25, 0.3) is 0 Å². The lowest BCUT2D eigenvalue weighted by Crippen LogP contribution is -1.96. The van der Waals surface area contributed by atoms with E-state index in [1.54, 1.807) is 0 Å². The summed E-state index contributed by atoms with van der Waals surface area (Å²) in [5, 5.41) is 0. The van der Waals surface area contributed by atoms with Gasteiger partial charge in [-0.15, -0.1) is 0 Å². The molecular weight excluding hydrogens is 231 g/mol. The van der Waals surface area contributed by atoms with Crippen LogP contribution in [-0.2, 0) is 20.4 Å². The summed E-state index contributed by atoms with van der Waals surface area (Å²) in [6.07, 6.45) is 0. The summed E-state index contributed by atoms with van der Waals surface area (Å²) in [5.74, 6) is -0.654. The van der Waals surface area contributed by atoms with Gasteiger partial charge in [0.1, 0.15) is 5.82 Å². The van der Waals surface area contributed by atoms with Crippen molar-refractivity contribution in [3.8, 4) is 0 Å². The van der Waals surface area contributed by atoms with E-state index < -0.39 is 14.9 Å². The predicted octanol–water partition coefficient (Wildman–Crippen LogP) is 1.90. The zero-order valence-electron chi connectivity index (χ0n) is 7.33. The van der Waals surface area contributed by atoms with Gasteiger partial charge in [0, 0.05) is 17.8 Å². The van der Waals surface area contributed by atoms with Gasteiger partial charge in [-0.25, -0.2) is 12.8 Å². The Balaban J connectivity index is 3.21. The van der Waals surface area contributed by atoms with Crippen LogP contribution in [0.3, 0.4) is 0 Å². The summed E-state index contributed by atoms with van der Waals surface area (Å²) >= 11 is 0. The van der Waals surface area contributed by atoms with Gasteiger partial charge in [0.2, 0.25) is 0 Å². The first kappa shape index (κ1) is 11.4. The summed E-state index contributed by atoms with van der Waals surface area (Å²) in [6, 6.07) is 3.32. The molecule has 0 aliphatic carbocycles. The molecule has 0 atom stereocenters. The smallest absolute Gasteiger partial charge is 0.261 e. The maximum atomic E-state index is 12.9. The lowest BCUT2D eigenvalue weighted by Gasteiger charge is -2.02. The van der Waals surface area contributed by atoms with E-state index in [2.05, 4.69) is 0 Å². The fourth-order valence-electron chi connectivity index (χ4n) is 1.01. The topological polar surface area (TPSA) is 43.4 Å². The lowest BCUT2D eigenvalue weighted by molar-refractivity contribution is 0.184. The largest absolute Gasteiger partial charge is 0.380 e. The Hall–Kier alpha value is -0.650. The lowest BCUT2D eigenvalue weighted by atomic mass is 10.2. The van der Waals surface area contributed by atoms with Crippen LogP contribution >= 0.6 is 10.7 Å². The Morgan fingerprint density at radius 1 is 1.43 bits per heavy atom. The average Bonchev–Trinajstić information content (AvgIpc) is 2.02. The van der Waals surface area contributed by atoms with Gasteiger partial charge in [-0.05, 0) is 23.8 Å². The van der Waals surface area contributed by atoms with Crippen molar-refractivity contribution in [2.24, 2.45) is 0 Å². The molecule has 1 aromatic rings. The highest BCUT2D eigenvalue weighted by Gasteiger charge is 2.12. The third-order valence-electron chi connectivity index (χ3n) is 1.52. The van der Waals surface area contributed by atoms with E-state index >= 15 is 0 Å². The second-order valence-electron chi connectivity index (χ2n) is 2.67. The van der Waals surface area contributed by atoms with Gasteiger partial charge < -0.3 is 4.74 Å². The quantitative estimate of drug-likeness (QED) is 0.756. The van der Waals surface area contributed by atoms with Gasteiger partial charge in [0.15, 0.2) is 0 Å². The molecule has 0 unspecified atom stereocenters. The summed E-state index contributed by atoms with van der Waals surface area (Å²) in [6.45, 7) is 0.136. The summed E-state index contributed by atoms with van der Waals surface area (Å²) in [4.78, 5) is -0.258. The Kier molecular flexibility index (Phi) is 3.47. The summed E-state index contributed by atoms with van der Waals surface area (Å²) in [7, 11) is 2.61. The molecule has 0 N–H and O–H groups in total. The fraction of sp³-hybridized carbons (Fsp3) is 0.250. The van der Waals surface area contributed by atoms with Crippen molar-refractivity contribution in [2.75, 3.05) is 7.11 Å². The Morgan fingerprint density at radius 3 is 2.57 bits per heavy atom. The van der Waals surface area contributed by atoms with E-state index in [9.17, 15) is 12.8 Å². The molecule has 0 spiro atoms. The SMILES string of the molecule is COCc1cc(F)cc(S(=O)(=O)Cl)c1. The molecule has 0 aliphatic rings. The number of rotatable bonds is 3. The molecule has 0 aromatic heterocycles. The molecular formula is C8H8ClFO3S. The average molecular weight is 239 g/mol. The Morgan fingerprint density at radius 2 is 2.07 bits per heavy atom. The van der Waals surface area contributed by atoms with Gasteiger partial charge in [-0.3, -0.25) is 0 Å². The van der Waals surface area contributed by atoms with Crippen molar-refractivity contribution < 1.29 is 17.5 Å². The van der Waals surface area contributed by atoms with Crippen LogP contribution in [0.2, 0.25) is 0 Å². The van der Waals surface area contributed by atoms with E-state index in [0.717, 1.165) is 6.07 Å². The second-order valence-corrected chi connectivity index (χ2v) is 5.23. The minimum atomic E-state index is -3.89. The zero-order chi connectivity index (χ0) is 10.8. The molecule has 0 bridgehead atoms. The molecule has 0 saturated carbocycles. The van der Waals surface area contributed by atoms with Gasteiger partial charge in [0.25, 0.3) is 9.05 Å². The molecule has 0 radical (unpaired) electrons. The number of ether oxygens (including phenoxy) is 1. The molecule has 0 aliphatic heterocycles. The van der Waals surface area contributed by atoms with E-state index in [1.165, 1.54) is 19.2 Å². The minimum absolute atomic E-state index is 0.136. The molecule has 1 aromatic carbocycles. The standard InChI is InChI=1S/C8H8ClFO3S/c1-13-5-6-2-7(10)4-8(3-6)14(9,11)12/h2-4H,5H2,1H3. The third kappa shape index (κ3) is 2.94. The number of halogens is 2. The second kappa shape index (κ2) is 4.25. The van der Waals surface area contributed by atoms with Crippen molar-refractivity contribution in [3.05, 3.63) is 29.6 Å². The first-order valence-electron chi connectivity index (χ1n) is 3.66. The summed E-state index contributed by atoms with van der Waals surface area (Å²) < 4.78 is 39.4. The maximum Gasteiger partial charge on any atom is 0.261 e. The highest BCUT2D eigenvalue weighted by molar-refractivity contribution is 8.13. The van der Waals surface area contributed by atoms with Crippen LogP contribution in [0.4, 0.5) is 4.39 Å². The van der Waals surface area contributed by atoms with Crippen LogP contribution in [0.1, 0.15) is 5.56 Å². The Labute approximate surface area is 85.9 Å². The minimum Gasteiger partial charge on any atom is -0.380 e. The van der Waals surface area contributed by atoms with Crippen molar-refractivity contribution in [1.82, 2.24) is 0 Å². The molecule has 78 valence electrons. The van der Waals surface area contributed by atoms with Crippen molar-refractivity contribution >= 4 is 19.7 Å². The zero-order valence-corrected chi connectivity index (χ0v) is 8.90. The Bertz CT molecular complexity index is 430.